The first-order valence-corrected chi connectivity index (χ1v) is 10.2. The predicted octanol–water partition coefficient (Wildman–Crippen LogP) is 3.39. The number of nitrogens with zero attached hydrogens (tertiary/aromatic N) is 3. The molecule has 1 aliphatic rings. The van der Waals surface area contributed by atoms with E-state index in [2.05, 4.69) is 32.2 Å². The molecule has 0 saturated carbocycles. The highest BCUT2D eigenvalue weighted by Crippen LogP contribution is 2.16. The number of benzene rings is 2. The number of methoxy groups -OCH3 is 1. The maximum atomic E-state index is 13.3. The van der Waals surface area contributed by atoms with Gasteiger partial charge in [0, 0.05) is 38.4 Å². The van der Waals surface area contributed by atoms with Crippen LogP contribution in [-0.2, 0) is 13.1 Å². The number of aromatic nitrogens is 1. The van der Waals surface area contributed by atoms with Crippen LogP contribution in [0.2, 0.25) is 0 Å². The van der Waals surface area contributed by atoms with Gasteiger partial charge in [-0.1, -0.05) is 18.2 Å². The van der Waals surface area contributed by atoms with Gasteiger partial charge >= 0.3 is 0 Å². The molecule has 2 aromatic carbocycles. The zero-order chi connectivity index (χ0) is 21.6. The smallest absolute Gasteiger partial charge is 0.277 e. The summed E-state index contributed by atoms with van der Waals surface area (Å²) in [6.07, 6.45) is 1.34. The average Bonchev–Trinajstić information content (AvgIpc) is 3.24. The highest BCUT2D eigenvalue weighted by atomic mass is 19.1. The second-order valence-electron chi connectivity index (χ2n) is 7.49. The lowest BCUT2D eigenvalue weighted by Gasteiger charge is -2.34. The largest absolute Gasteiger partial charge is 0.497 e. The summed E-state index contributed by atoms with van der Waals surface area (Å²) in [5.74, 6) is 0.520. The number of carbonyl (C=O) groups excluding carboxylic acids is 1. The SMILES string of the molecule is COc1ccc(CN2CCN(Cc3nc(C(=O)Nc4cccc(F)c4)co3)CC2)cc1. The number of rotatable bonds is 7. The van der Waals surface area contributed by atoms with Crippen molar-refractivity contribution in [3.8, 4) is 5.75 Å². The molecular weight excluding hydrogens is 399 g/mol. The molecule has 0 unspecified atom stereocenters. The van der Waals surface area contributed by atoms with E-state index in [0.717, 1.165) is 38.5 Å². The highest BCUT2D eigenvalue weighted by Gasteiger charge is 2.20. The number of nitrogens with one attached hydrogen (secondary N) is 1. The molecule has 31 heavy (non-hydrogen) atoms. The summed E-state index contributed by atoms with van der Waals surface area (Å²) < 4.78 is 24.0. The molecular formula is C23H25FN4O3. The first kappa shape index (κ1) is 21.0. The second-order valence-corrected chi connectivity index (χ2v) is 7.49. The number of hydrogen-bond acceptors (Lipinski definition) is 6. The standard InChI is InChI=1S/C23H25FN4O3/c1-30-20-7-5-17(6-8-20)14-27-9-11-28(12-10-27)15-22-26-21(16-31-22)23(29)25-19-4-2-3-18(24)13-19/h2-8,13,16H,9-12,14-15H2,1H3,(H,25,29). The Morgan fingerprint density at radius 3 is 2.48 bits per heavy atom. The van der Waals surface area contributed by atoms with E-state index in [4.69, 9.17) is 9.15 Å². The Hall–Kier alpha value is -3.23. The molecule has 1 aromatic heterocycles. The first-order chi connectivity index (χ1) is 15.1. The van der Waals surface area contributed by atoms with E-state index >= 15 is 0 Å². The Bertz CT molecular complexity index is 1010. The molecule has 0 atom stereocenters. The Morgan fingerprint density at radius 2 is 1.81 bits per heavy atom. The van der Waals surface area contributed by atoms with Gasteiger partial charge in [0.05, 0.1) is 13.7 Å². The Balaban J connectivity index is 1.25. The fraction of sp³-hybridized carbons (Fsp3) is 0.304. The Labute approximate surface area is 180 Å². The van der Waals surface area contributed by atoms with Gasteiger partial charge in [0.15, 0.2) is 5.69 Å². The number of piperazine rings is 1. The summed E-state index contributed by atoms with van der Waals surface area (Å²) >= 11 is 0. The normalized spacial score (nSPS) is 15.0. The van der Waals surface area contributed by atoms with E-state index in [1.54, 1.807) is 13.2 Å². The van der Waals surface area contributed by atoms with Crippen molar-refractivity contribution in [3.05, 3.63) is 77.8 Å². The second kappa shape index (κ2) is 9.72. The summed E-state index contributed by atoms with van der Waals surface area (Å²) in [4.78, 5) is 21.3. The molecule has 3 aromatic rings. The minimum atomic E-state index is -0.426. The molecule has 2 heterocycles. The molecule has 1 saturated heterocycles. The Morgan fingerprint density at radius 1 is 1.10 bits per heavy atom. The molecule has 1 amide bonds. The lowest BCUT2D eigenvalue weighted by Crippen LogP contribution is -2.45. The quantitative estimate of drug-likeness (QED) is 0.627. The van der Waals surface area contributed by atoms with E-state index in [0.29, 0.717) is 18.1 Å². The average molecular weight is 424 g/mol. The summed E-state index contributed by atoms with van der Waals surface area (Å²) in [6.45, 7) is 5.12. The predicted molar refractivity (Wildman–Crippen MR) is 114 cm³/mol. The monoisotopic (exact) mass is 424 g/mol. The minimum absolute atomic E-state index is 0.178. The number of hydrogen-bond donors (Lipinski definition) is 1. The van der Waals surface area contributed by atoms with Crippen molar-refractivity contribution in [1.29, 1.82) is 0 Å². The van der Waals surface area contributed by atoms with Crippen LogP contribution in [0.25, 0.3) is 0 Å². The van der Waals surface area contributed by atoms with E-state index in [1.165, 1.54) is 30.0 Å². The first-order valence-electron chi connectivity index (χ1n) is 10.2. The van der Waals surface area contributed by atoms with Crippen LogP contribution in [0.15, 0.2) is 59.2 Å². The lowest BCUT2D eigenvalue weighted by atomic mass is 10.2. The molecule has 0 bridgehead atoms. The number of amides is 1. The van der Waals surface area contributed by atoms with Gasteiger partial charge in [-0.05, 0) is 35.9 Å². The molecule has 0 aliphatic carbocycles. The fourth-order valence-corrected chi connectivity index (χ4v) is 3.54. The van der Waals surface area contributed by atoms with Gasteiger partial charge in [0.25, 0.3) is 5.91 Å². The number of halogens is 1. The topological polar surface area (TPSA) is 70.8 Å². The van der Waals surface area contributed by atoms with Crippen molar-refractivity contribution in [2.24, 2.45) is 0 Å². The number of ether oxygens (including phenoxy) is 1. The molecule has 7 nitrogen and oxygen atoms in total. The number of anilines is 1. The van der Waals surface area contributed by atoms with Gasteiger partial charge in [-0.25, -0.2) is 9.37 Å². The van der Waals surface area contributed by atoms with Crippen molar-refractivity contribution in [1.82, 2.24) is 14.8 Å². The summed E-state index contributed by atoms with van der Waals surface area (Å²) in [6, 6.07) is 13.9. The van der Waals surface area contributed by atoms with Gasteiger partial charge in [-0.15, -0.1) is 0 Å². The van der Waals surface area contributed by atoms with Crippen LogP contribution in [0.5, 0.6) is 5.75 Å². The van der Waals surface area contributed by atoms with E-state index < -0.39 is 11.7 Å². The molecule has 1 N–H and O–H groups in total. The molecule has 1 fully saturated rings. The molecule has 0 spiro atoms. The van der Waals surface area contributed by atoms with Crippen molar-refractivity contribution >= 4 is 11.6 Å². The molecule has 8 heteroatoms. The highest BCUT2D eigenvalue weighted by molar-refractivity contribution is 6.02. The zero-order valence-electron chi connectivity index (χ0n) is 17.4. The summed E-state index contributed by atoms with van der Waals surface area (Å²) in [5, 5.41) is 2.62. The van der Waals surface area contributed by atoms with Crippen LogP contribution in [0.1, 0.15) is 21.9 Å². The van der Waals surface area contributed by atoms with E-state index in [9.17, 15) is 9.18 Å². The van der Waals surface area contributed by atoms with Crippen LogP contribution in [0.4, 0.5) is 10.1 Å². The van der Waals surface area contributed by atoms with E-state index in [1.807, 2.05) is 12.1 Å². The Kier molecular flexibility index (Phi) is 6.59. The maximum absolute atomic E-state index is 13.3. The third-order valence-corrected chi connectivity index (χ3v) is 5.26. The van der Waals surface area contributed by atoms with Gasteiger partial charge < -0.3 is 14.5 Å². The van der Waals surface area contributed by atoms with Gasteiger partial charge in [-0.3, -0.25) is 14.6 Å². The molecule has 1 aliphatic heterocycles. The van der Waals surface area contributed by atoms with Gasteiger partial charge in [-0.2, -0.15) is 0 Å². The summed E-state index contributed by atoms with van der Waals surface area (Å²) in [7, 11) is 1.67. The van der Waals surface area contributed by atoms with Crippen molar-refractivity contribution in [2.75, 3.05) is 38.6 Å². The van der Waals surface area contributed by atoms with Crippen LogP contribution < -0.4 is 10.1 Å². The van der Waals surface area contributed by atoms with Crippen LogP contribution in [0.3, 0.4) is 0 Å². The van der Waals surface area contributed by atoms with E-state index in [-0.39, 0.29) is 5.69 Å². The number of oxazole rings is 1. The van der Waals surface area contributed by atoms with Crippen molar-refractivity contribution < 1.29 is 18.3 Å². The van der Waals surface area contributed by atoms with Crippen LogP contribution in [-0.4, -0.2) is 54.0 Å². The zero-order valence-corrected chi connectivity index (χ0v) is 17.4. The molecule has 162 valence electrons. The van der Waals surface area contributed by atoms with Gasteiger partial charge in [0.2, 0.25) is 5.89 Å². The molecule has 4 rings (SSSR count). The lowest BCUT2D eigenvalue weighted by molar-refractivity contribution is 0.102. The third-order valence-electron chi connectivity index (χ3n) is 5.26. The maximum Gasteiger partial charge on any atom is 0.277 e. The number of carbonyl (C=O) groups is 1. The fourth-order valence-electron chi connectivity index (χ4n) is 3.54. The van der Waals surface area contributed by atoms with Gasteiger partial charge in [0.1, 0.15) is 17.8 Å². The van der Waals surface area contributed by atoms with Crippen molar-refractivity contribution in [3.63, 3.8) is 0 Å². The summed E-state index contributed by atoms with van der Waals surface area (Å²) in [5.41, 5.74) is 1.82. The minimum Gasteiger partial charge on any atom is -0.497 e. The molecule has 0 radical (unpaired) electrons. The van der Waals surface area contributed by atoms with Crippen LogP contribution >= 0.6 is 0 Å². The van der Waals surface area contributed by atoms with Crippen LogP contribution in [0, 0.1) is 5.82 Å². The third kappa shape index (κ3) is 5.68. The van der Waals surface area contributed by atoms with Crippen molar-refractivity contribution in [2.45, 2.75) is 13.1 Å².